The summed E-state index contributed by atoms with van der Waals surface area (Å²) in [5.41, 5.74) is 10.9. The maximum Gasteiger partial charge on any atom is 0.312 e. The number of nitrogens with two attached hydrogens (primary N) is 1. The van der Waals surface area contributed by atoms with Crippen LogP contribution in [0.4, 0.5) is 10.5 Å². The van der Waals surface area contributed by atoms with Gasteiger partial charge in [0.15, 0.2) is 0 Å². The fourth-order valence-electron chi connectivity index (χ4n) is 3.30. The van der Waals surface area contributed by atoms with Gasteiger partial charge in [-0.05, 0) is 46.7 Å². The Hall–Kier alpha value is -2.82. The fraction of sp³-hybridized carbons (Fsp3) is 0.300. The number of hydrogen-bond donors (Lipinski definition) is 3. The van der Waals surface area contributed by atoms with Crippen molar-refractivity contribution in [3.63, 3.8) is 0 Å². The predicted octanol–water partition coefficient (Wildman–Crippen LogP) is 3.28. The number of rotatable bonds is 5. The van der Waals surface area contributed by atoms with Crippen LogP contribution in [0.2, 0.25) is 0 Å². The first-order valence-corrected chi connectivity index (χ1v) is 8.57. The number of carbonyl (C=O) groups excluding carboxylic acids is 2. The molecule has 2 aromatic rings. The van der Waals surface area contributed by atoms with Gasteiger partial charge in [-0.2, -0.15) is 0 Å². The van der Waals surface area contributed by atoms with E-state index < -0.39 is 12.1 Å². The normalized spacial score (nSPS) is 14.2. The van der Waals surface area contributed by atoms with Gasteiger partial charge in [0.1, 0.15) is 6.04 Å². The second-order valence-electron chi connectivity index (χ2n) is 6.57. The molecule has 0 unspecified atom stereocenters. The topological polar surface area (TPSA) is 84.2 Å². The summed E-state index contributed by atoms with van der Waals surface area (Å²) >= 11 is 0. The second kappa shape index (κ2) is 6.97. The lowest BCUT2D eigenvalue weighted by atomic mass is 9.98. The Kier molecular flexibility index (Phi) is 4.74. The van der Waals surface area contributed by atoms with Crippen molar-refractivity contribution >= 4 is 17.6 Å². The number of hydrogen-bond acceptors (Lipinski definition) is 2. The van der Waals surface area contributed by atoms with Crippen LogP contribution in [0, 0.1) is 5.92 Å². The van der Waals surface area contributed by atoms with E-state index in [-0.39, 0.29) is 11.8 Å². The van der Waals surface area contributed by atoms with Crippen molar-refractivity contribution in [2.75, 3.05) is 5.32 Å². The van der Waals surface area contributed by atoms with Gasteiger partial charge in [0.05, 0.1) is 0 Å². The molecule has 0 saturated carbocycles. The number of benzene rings is 2. The third-order valence-electron chi connectivity index (χ3n) is 4.85. The first kappa shape index (κ1) is 17.0. The van der Waals surface area contributed by atoms with Crippen molar-refractivity contribution in [3.05, 3.63) is 53.6 Å². The summed E-state index contributed by atoms with van der Waals surface area (Å²) in [7, 11) is 0. The monoisotopic (exact) mass is 337 g/mol. The van der Waals surface area contributed by atoms with Crippen molar-refractivity contribution in [3.8, 4) is 11.1 Å². The Labute approximate surface area is 147 Å². The van der Waals surface area contributed by atoms with Crippen molar-refractivity contribution in [2.45, 2.75) is 32.7 Å². The standard InChI is InChI=1S/C20H23N3O2/c1-3-12(2)18(23-20(21)25)19(24)22-15-8-9-17-14(11-15)10-13-6-4-5-7-16(13)17/h4-9,11-12,18H,3,10H2,1-2H3,(H,22,24)(H3,21,23,25)/t12-,18+/m1/s1. The molecule has 0 spiro atoms. The minimum atomic E-state index is -0.690. The summed E-state index contributed by atoms with van der Waals surface area (Å²) < 4.78 is 0. The zero-order valence-electron chi connectivity index (χ0n) is 14.5. The van der Waals surface area contributed by atoms with E-state index in [0.717, 1.165) is 18.5 Å². The molecule has 0 aromatic heterocycles. The molecule has 0 radical (unpaired) electrons. The van der Waals surface area contributed by atoms with E-state index >= 15 is 0 Å². The molecule has 4 N–H and O–H groups in total. The van der Waals surface area contributed by atoms with Crippen molar-refractivity contribution in [1.29, 1.82) is 0 Å². The van der Waals surface area contributed by atoms with Gasteiger partial charge in [-0.1, -0.05) is 50.6 Å². The number of fused-ring (bicyclic) bond motifs is 3. The van der Waals surface area contributed by atoms with Crippen molar-refractivity contribution in [1.82, 2.24) is 5.32 Å². The number of anilines is 1. The molecule has 0 aliphatic heterocycles. The van der Waals surface area contributed by atoms with Gasteiger partial charge in [0, 0.05) is 5.69 Å². The molecule has 1 aliphatic carbocycles. The Morgan fingerprint density at radius 2 is 1.84 bits per heavy atom. The van der Waals surface area contributed by atoms with Gasteiger partial charge >= 0.3 is 6.03 Å². The third-order valence-corrected chi connectivity index (χ3v) is 4.85. The zero-order chi connectivity index (χ0) is 18.0. The van der Waals surface area contributed by atoms with Crippen LogP contribution < -0.4 is 16.4 Å². The van der Waals surface area contributed by atoms with Gasteiger partial charge in [-0.15, -0.1) is 0 Å². The Morgan fingerprint density at radius 3 is 2.56 bits per heavy atom. The number of primary amides is 1. The summed E-state index contributed by atoms with van der Waals surface area (Å²) in [5, 5.41) is 5.45. The summed E-state index contributed by atoms with van der Waals surface area (Å²) in [6.45, 7) is 3.89. The molecule has 2 aromatic carbocycles. The maximum absolute atomic E-state index is 12.6. The van der Waals surface area contributed by atoms with Crippen molar-refractivity contribution in [2.24, 2.45) is 11.7 Å². The van der Waals surface area contributed by atoms with E-state index in [4.69, 9.17) is 5.73 Å². The van der Waals surface area contributed by atoms with Gasteiger partial charge in [0.25, 0.3) is 0 Å². The van der Waals surface area contributed by atoms with Gasteiger partial charge in [-0.25, -0.2) is 4.79 Å². The van der Waals surface area contributed by atoms with Gasteiger partial charge in [-0.3, -0.25) is 4.79 Å². The number of amides is 3. The van der Waals surface area contributed by atoms with Crippen LogP contribution >= 0.6 is 0 Å². The van der Waals surface area contributed by atoms with Crippen LogP contribution in [0.5, 0.6) is 0 Å². The van der Waals surface area contributed by atoms with Crippen LogP contribution in [0.25, 0.3) is 11.1 Å². The molecule has 130 valence electrons. The Morgan fingerprint density at radius 1 is 1.12 bits per heavy atom. The first-order valence-electron chi connectivity index (χ1n) is 8.57. The van der Waals surface area contributed by atoms with E-state index in [9.17, 15) is 9.59 Å². The van der Waals surface area contributed by atoms with E-state index in [1.165, 1.54) is 22.3 Å². The third kappa shape index (κ3) is 3.50. The molecule has 3 rings (SSSR count). The highest BCUT2D eigenvalue weighted by atomic mass is 16.2. The summed E-state index contributed by atoms with van der Waals surface area (Å²) in [5.74, 6) is -0.255. The quantitative estimate of drug-likeness (QED) is 0.667. The average Bonchev–Trinajstić information content (AvgIpc) is 2.96. The number of urea groups is 1. The zero-order valence-corrected chi connectivity index (χ0v) is 14.5. The first-order chi connectivity index (χ1) is 12.0. The highest BCUT2D eigenvalue weighted by Crippen LogP contribution is 2.37. The molecular weight excluding hydrogens is 314 g/mol. The lowest BCUT2D eigenvalue weighted by molar-refractivity contribution is -0.119. The molecular formula is C20H23N3O2. The molecule has 0 heterocycles. The number of carbonyl (C=O) groups is 2. The molecule has 5 nitrogen and oxygen atoms in total. The van der Waals surface area contributed by atoms with Gasteiger partial charge in [0.2, 0.25) is 5.91 Å². The largest absolute Gasteiger partial charge is 0.352 e. The van der Waals surface area contributed by atoms with E-state index in [0.29, 0.717) is 0 Å². The minimum Gasteiger partial charge on any atom is -0.352 e. The van der Waals surface area contributed by atoms with Crippen LogP contribution in [-0.2, 0) is 11.2 Å². The molecule has 1 aliphatic rings. The minimum absolute atomic E-state index is 0.00816. The molecule has 2 atom stereocenters. The molecule has 0 fully saturated rings. The maximum atomic E-state index is 12.6. The van der Waals surface area contributed by atoms with Crippen LogP contribution in [0.15, 0.2) is 42.5 Å². The fourth-order valence-corrected chi connectivity index (χ4v) is 3.30. The van der Waals surface area contributed by atoms with Crippen molar-refractivity contribution < 1.29 is 9.59 Å². The van der Waals surface area contributed by atoms with E-state index in [1.54, 1.807) is 0 Å². The summed E-state index contributed by atoms with van der Waals surface area (Å²) in [6, 6.07) is 12.9. The highest BCUT2D eigenvalue weighted by molar-refractivity contribution is 5.97. The lowest BCUT2D eigenvalue weighted by Gasteiger charge is -2.22. The smallest absolute Gasteiger partial charge is 0.312 e. The molecule has 25 heavy (non-hydrogen) atoms. The predicted molar refractivity (Wildman–Crippen MR) is 99.3 cm³/mol. The van der Waals surface area contributed by atoms with Crippen LogP contribution in [0.3, 0.4) is 0 Å². The second-order valence-corrected chi connectivity index (χ2v) is 6.57. The van der Waals surface area contributed by atoms with E-state index in [2.05, 4.69) is 22.8 Å². The van der Waals surface area contributed by atoms with Crippen LogP contribution in [-0.4, -0.2) is 18.0 Å². The average molecular weight is 337 g/mol. The SMILES string of the molecule is CC[C@@H](C)[C@H](NC(N)=O)C(=O)Nc1ccc2c(c1)Cc1ccccc1-2. The molecule has 0 saturated heterocycles. The molecule has 0 bridgehead atoms. The lowest BCUT2D eigenvalue weighted by Crippen LogP contribution is -2.49. The molecule has 3 amide bonds. The summed E-state index contributed by atoms with van der Waals surface area (Å²) in [6.07, 6.45) is 1.63. The Bertz CT molecular complexity index is 816. The Balaban J connectivity index is 1.78. The highest BCUT2D eigenvalue weighted by Gasteiger charge is 2.26. The van der Waals surface area contributed by atoms with Gasteiger partial charge < -0.3 is 16.4 Å². The van der Waals surface area contributed by atoms with Crippen LogP contribution in [0.1, 0.15) is 31.4 Å². The summed E-state index contributed by atoms with van der Waals surface area (Å²) in [4.78, 5) is 23.8. The molecule has 5 heteroatoms. The number of nitrogens with one attached hydrogen (secondary N) is 2. The van der Waals surface area contributed by atoms with E-state index in [1.807, 2.05) is 44.2 Å².